The van der Waals surface area contributed by atoms with Crippen LogP contribution >= 0.6 is 35.3 Å². The van der Waals surface area contributed by atoms with Crippen LogP contribution in [0.1, 0.15) is 59.9 Å². The maximum Gasteiger partial charge on any atom is 0.323 e. The Morgan fingerprint density at radius 3 is 2.21 bits per heavy atom. The number of hydrogen-bond acceptors (Lipinski definition) is 7. The largest absolute Gasteiger partial charge is 0.480 e. The van der Waals surface area contributed by atoms with Gasteiger partial charge in [-0.2, -0.15) is 0 Å². The Morgan fingerprint density at radius 2 is 1.58 bits per heavy atom. The van der Waals surface area contributed by atoms with Gasteiger partial charge in [-0.1, -0.05) is 109 Å². The number of benzene rings is 4. The zero-order valence-corrected chi connectivity index (χ0v) is 30.8. The molecule has 1 aliphatic carbocycles. The molecule has 3 heterocycles. The number of thiocarbonyl (C=S) groups is 1. The Hall–Kier alpha value is -5.03. The predicted octanol–water partition coefficient (Wildman–Crippen LogP) is 7.19. The minimum atomic E-state index is -1.15. The fraction of sp³-hybridized carbons (Fsp3) is 0.190. The lowest BCUT2D eigenvalue weighted by molar-refractivity contribution is -0.137. The summed E-state index contributed by atoms with van der Waals surface area (Å²) >= 11 is 7.65. The molecular weight excluding hydrogens is 707 g/mol. The Bertz CT molecular complexity index is 2390. The van der Waals surface area contributed by atoms with Crippen molar-refractivity contribution in [2.75, 3.05) is 11.4 Å². The molecule has 4 aromatic carbocycles. The van der Waals surface area contributed by atoms with Gasteiger partial charge >= 0.3 is 5.97 Å². The van der Waals surface area contributed by atoms with Gasteiger partial charge in [-0.05, 0) is 89.6 Å². The SMILES string of the molecule is CCN1C(=O)/C(=c2\s/c(=C\c3ccc4c(c3)C3CCCC3N4c3ccc(C=C(c4ccccc4)c4ccccc4)cc3)c(=O)n2CC(=O)O)SC1=S. The summed E-state index contributed by atoms with van der Waals surface area (Å²) in [7, 11) is 0. The van der Waals surface area contributed by atoms with E-state index in [4.69, 9.17) is 12.2 Å². The minimum Gasteiger partial charge on any atom is -0.480 e. The van der Waals surface area contributed by atoms with Gasteiger partial charge in [0.25, 0.3) is 11.5 Å². The Kier molecular flexibility index (Phi) is 9.29. The van der Waals surface area contributed by atoms with Gasteiger partial charge in [0.2, 0.25) is 0 Å². The molecule has 10 heteroatoms. The lowest BCUT2D eigenvalue weighted by atomic mass is 9.95. The standard InChI is InChI=1S/C42H35N3O4S3/c1-2-43-40(49)38(52-42(43)50)41-44(25-37(46)47)39(48)36(51-41)24-27-18-21-35-33(23-27)31-14-9-15-34(31)45(35)30-19-16-26(17-20-30)22-32(28-10-5-3-6-11-28)29-12-7-4-8-13-29/h3-8,10-13,16-24,31,34H,2,9,14-15,25H2,1H3,(H,46,47)/b36-24-,41-38+. The van der Waals surface area contributed by atoms with Crippen LogP contribution in [0.15, 0.2) is 108 Å². The Labute approximate surface area is 314 Å². The number of fused-ring (bicyclic) bond motifs is 3. The zero-order chi connectivity index (χ0) is 35.9. The summed E-state index contributed by atoms with van der Waals surface area (Å²) in [5.74, 6) is -1.08. The molecule has 52 heavy (non-hydrogen) atoms. The third-order valence-electron chi connectivity index (χ3n) is 10.0. The highest BCUT2D eigenvalue weighted by molar-refractivity contribution is 8.30. The van der Waals surface area contributed by atoms with Crippen LogP contribution in [0.25, 0.3) is 22.6 Å². The molecule has 8 rings (SSSR count). The fourth-order valence-electron chi connectivity index (χ4n) is 7.69. The summed E-state index contributed by atoms with van der Waals surface area (Å²) in [5, 5.41) is 9.62. The van der Waals surface area contributed by atoms with Gasteiger partial charge in [0.05, 0.1) is 4.53 Å². The van der Waals surface area contributed by atoms with Crippen LogP contribution < -0.4 is 19.7 Å². The molecule has 2 atom stereocenters. The van der Waals surface area contributed by atoms with Crippen molar-refractivity contribution in [2.45, 2.75) is 44.7 Å². The van der Waals surface area contributed by atoms with Crippen molar-refractivity contribution in [3.05, 3.63) is 150 Å². The third kappa shape index (κ3) is 6.25. The molecule has 5 aromatic rings. The van der Waals surface area contributed by atoms with E-state index in [0.717, 1.165) is 59.2 Å². The number of anilines is 2. The lowest BCUT2D eigenvalue weighted by Gasteiger charge is -2.27. The second-order valence-electron chi connectivity index (χ2n) is 13.1. The van der Waals surface area contributed by atoms with Gasteiger partial charge in [0.1, 0.15) is 20.4 Å². The van der Waals surface area contributed by atoms with Crippen LogP contribution in [0.4, 0.5) is 11.4 Å². The summed E-state index contributed by atoms with van der Waals surface area (Å²) in [6.45, 7) is 1.70. The highest BCUT2D eigenvalue weighted by Crippen LogP contribution is 2.52. The molecule has 1 saturated heterocycles. The lowest BCUT2D eigenvalue weighted by Crippen LogP contribution is -2.35. The fourth-order valence-corrected chi connectivity index (χ4v) is 10.3. The first-order valence-electron chi connectivity index (χ1n) is 17.4. The van der Waals surface area contributed by atoms with Crippen molar-refractivity contribution in [1.29, 1.82) is 0 Å². The summed E-state index contributed by atoms with van der Waals surface area (Å²) in [6.07, 6.45) is 7.41. The smallest absolute Gasteiger partial charge is 0.323 e. The normalized spacial score (nSPS) is 19.3. The van der Waals surface area contributed by atoms with Crippen molar-refractivity contribution in [3.63, 3.8) is 0 Å². The summed E-state index contributed by atoms with van der Waals surface area (Å²) in [6, 6.07) is 36.5. The highest BCUT2D eigenvalue weighted by Gasteiger charge is 2.42. The van der Waals surface area contributed by atoms with E-state index in [1.165, 1.54) is 37.4 Å². The van der Waals surface area contributed by atoms with E-state index in [-0.39, 0.29) is 5.91 Å². The van der Waals surface area contributed by atoms with Gasteiger partial charge in [0, 0.05) is 29.9 Å². The molecule has 1 saturated carbocycles. The van der Waals surface area contributed by atoms with Crippen molar-refractivity contribution in [3.8, 4) is 0 Å². The third-order valence-corrected chi connectivity index (χ3v) is 12.7. The van der Waals surface area contributed by atoms with Crippen LogP contribution in [0.5, 0.6) is 0 Å². The number of rotatable bonds is 8. The first-order valence-corrected chi connectivity index (χ1v) is 19.4. The number of thiazole rings is 1. The van der Waals surface area contributed by atoms with Crippen molar-refractivity contribution >= 4 is 85.5 Å². The Balaban J connectivity index is 1.15. The molecule has 0 spiro atoms. The van der Waals surface area contributed by atoms with E-state index in [9.17, 15) is 19.5 Å². The maximum atomic E-state index is 13.6. The van der Waals surface area contributed by atoms with Gasteiger partial charge in [-0.25, -0.2) is 0 Å². The highest BCUT2D eigenvalue weighted by atomic mass is 32.2. The minimum absolute atomic E-state index is 0.297. The van der Waals surface area contributed by atoms with Gasteiger partial charge in [-0.15, -0.1) is 11.3 Å². The molecule has 1 amide bonds. The van der Waals surface area contributed by atoms with E-state index in [1.807, 2.05) is 31.2 Å². The van der Waals surface area contributed by atoms with Crippen LogP contribution in [0, 0.1) is 0 Å². The molecule has 1 aromatic heterocycles. The number of carbonyl (C=O) groups is 2. The number of thioether (sulfide) groups is 1. The van der Waals surface area contributed by atoms with Gasteiger partial charge in [-0.3, -0.25) is 23.9 Å². The van der Waals surface area contributed by atoms with E-state index in [1.54, 1.807) is 0 Å². The average molecular weight is 742 g/mol. The predicted molar refractivity (Wildman–Crippen MR) is 215 cm³/mol. The number of aromatic nitrogens is 1. The number of hydrogen-bond donors (Lipinski definition) is 1. The van der Waals surface area contributed by atoms with E-state index in [0.29, 0.717) is 36.9 Å². The topological polar surface area (TPSA) is 82.9 Å². The number of carboxylic acids is 1. The molecule has 0 radical (unpaired) electrons. The molecular formula is C42H35N3O4S3. The Morgan fingerprint density at radius 1 is 0.904 bits per heavy atom. The summed E-state index contributed by atoms with van der Waals surface area (Å²) in [4.78, 5) is 42.8. The van der Waals surface area contributed by atoms with Gasteiger partial charge in [0.15, 0.2) is 0 Å². The second kappa shape index (κ2) is 14.2. The van der Waals surface area contributed by atoms with E-state index >= 15 is 0 Å². The number of amides is 1. The quantitative estimate of drug-likeness (QED) is 0.133. The zero-order valence-electron chi connectivity index (χ0n) is 28.4. The van der Waals surface area contributed by atoms with Crippen molar-refractivity contribution in [2.24, 2.45) is 0 Å². The van der Waals surface area contributed by atoms with Crippen LogP contribution in [-0.4, -0.2) is 43.4 Å². The van der Waals surface area contributed by atoms with E-state index in [2.05, 4.69) is 95.9 Å². The maximum absolute atomic E-state index is 13.6. The van der Waals surface area contributed by atoms with Gasteiger partial charge < -0.3 is 10.0 Å². The average Bonchev–Trinajstić information content (AvgIpc) is 3.90. The molecule has 7 nitrogen and oxygen atoms in total. The van der Waals surface area contributed by atoms with E-state index < -0.39 is 18.1 Å². The molecule has 1 N–H and O–H groups in total. The first kappa shape index (κ1) is 34.1. The number of aliphatic carboxylic acids is 1. The molecule has 3 aliphatic rings. The monoisotopic (exact) mass is 741 g/mol. The first-order chi connectivity index (χ1) is 25.3. The molecule has 260 valence electrons. The summed E-state index contributed by atoms with van der Waals surface area (Å²) < 4.78 is 2.29. The molecule has 2 unspecified atom stereocenters. The number of nitrogens with zero attached hydrogens (tertiary/aromatic N) is 3. The van der Waals surface area contributed by atoms with Crippen molar-refractivity contribution in [1.82, 2.24) is 9.47 Å². The van der Waals surface area contributed by atoms with Crippen LogP contribution in [0.2, 0.25) is 0 Å². The molecule has 0 bridgehead atoms. The molecule has 2 aliphatic heterocycles. The molecule has 2 fully saturated rings. The summed E-state index contributed by atoms with van der Waals surface area (Å²) in [5.41, 5.74) is 8.67. The van der Waals surface area contributed by atoms with Crippen molar-refractivity contribution < 1.29 is 14.7 Å². The second-order valence-corrected chi connectivity index (χ2v) is 15.8. The van der Waals surface area contributed by atoms with Crippen LogP contribution in [-0.2, 0) is 16.1 Å². The number of carbonyl (C=O) groups excluding carboxylic acids is 1. The van der Waals surface area contributed by atoms with Crippen LogP contribution in [0.3, 0.4) is 0 Å². The number of carboxylic acid groups (broad SMARTS) is 1.